The molecule has 0 aliphatic heterocycles. The van der Waals surface area contributed by atoms with E-state index in [2.05, 4.69) is 26.1 Å². The Morgan fingerprint density at radius 2 is 2.06 bits per heavy atom. The number of rotatable bonds is 5. The minimum atomic E-state index is -0.351. The van der Waals surface area contributed by atoms with Gasteiger partial charge in [-0.15, -0.1) is 0 Å². The number of halogens is 1. The number of hydrogen-bond donors (Lipinski definition) is 1. The molecule has 17 heavy (non-hydrogen) atoms. The van der Waals surface area contributed by atoms with Crippen LogP contribution in [0.25, 0.3) is 0 Å². The summed E-state index contributed by atoms with van der Waals surface area (Å²) in [5.41, 5.74) is 1.43. The van der Waals surface area contributed by atoms with Gasteiger partial charge in [0.1, 0.15) is 5.82 Å². The molecule has 0 atom stereocenters. The van der Waals surface area contributed by atoms with Crippen LogP contribution in [0, 0.1) is 22.6 Å². The highest BCUT2D eigenvalue weighted by Crippen LogP contribution is 2.18. The van der Waals surface area contributed by atoms with Gasteiger partial charge < -0.3 is 5.32 Å². The summed E-state index contributed by atoms with van der Waals surface area (Å²) in [4.78, 5) is 0. The van der Waals surface area contributed by atoms with Crippen LogP contribution in [0.15, 0.2) is 18.2 Å². The molecular weight excluding hydrogens is 215 g/mol. The van der Waals surface area contributed by atoms with Crippen molar-refractivity contribution in [3.63, 3.8) is 0 Å². The van der Waals surface area contributed by atoms with E-state index in [1.807, 2.05) is 6.07 Å². The molecule has 0 unspecified atom stereocenters. The highest BCUT2D eigenvalue weighted by molar-refractivity contribution is 5.33. The first-order valence-electron chi connectivity index (χ1n) is 5.87. The average molecular weight is 234 g/mol. The van der Waals surface area contributed by atoms with Gasteiger partial charge in [0.15, 0.2) is 0 Å². The van der Waals surface area contributed by atoms with Crippen molar-refractivity contribution in [1.29, 1.82) is 5.26 Å². The van der Waals surface area contributed by atoms with Gasteiger partial charge in [-0.1, -0.05) is 20.8 Å². The summed E-state index contributed by atoms with van der Waals surface area (Å²) >= 11 is 0. The van der Waals surface area contributed by atoms with Crippen molar-refractivity contribution in [2.75, 3.05) is 6.54 Å². The molecule has 1 N–H and O–H groups in total. The van der Waals surface area contributed by atoms with Gasteiger partial charge in [-0.2, -0.15) is 5.26 Å². The molecule has 0 aliphatic carbocycles. The largest absolute Gasteiger partial charge is 0.312 e. The number of hydrogen-bond acceptors (Lipinski definition) is 2. The Balaban J connectivity index is 2.58. The monoisotopic (exact) mass is 234 g/mol. The molecule has 1 aromatic carbocycles. The number of nitrogens with one attached hydrogen (secondary N) is 1. The smallest absolute Gasteiger partial charge is 0.124 e. The van der Waals surface area contributed by atoms with Gasteiger partial charge in [0.05, 0.1) is 11.6 Å². The predicted molar refractivity (Wildman–Crippen MR) is 66.9 cm³/mol. The van der Waals surface area contributed by atoms with Crippen molar-refractivity contribution >= 4 is 0 Å². The molecule has 0 saturated carbocycles. The summed E-state index contributed by atoms with van der Waals surface area (Å²) in [6, 6.07) is 6.39. The second-order valence-corrected chi connectivity index (χ2v) is 5.08. The standard InChI is InChI=1S/C14H19FN2/c1-4-14(2,3)10-17-9-12-5-11(8-16)6-13(15)7-12/h5-7,17H,4,9-10H2,1-3H3. The van der Waals surface area contributed by atoms with Crippen LogP contribution in [0.3, 0.4) is 0 Å². The maximum Gasteiger partial charge on any atom is 0.124 e. The van der Waals surface area contributed by atoms with E-state index in [9.17, 15) is 4.39 Å². The third-order valence-corrected chi connectivity index (χ3v) is 2.98. The number of nitriles is 1. The van der Waals surface area contributed by atoms with Crippen molar-refractivity contribution in [2.24, 2.45) is 5.41 Å². The summed E-state index contributed by atoms with van der Waals surface area (Å²) < 4.78 is 13.2. The molecule has 0 bridgehead atoms. The Morgan fingerprint density at radius 1 is 1.35 bits per heavy atom. The zero-order chi connectivity index (χ0) is 12.9. The summed E-state index contributed by atoms with van der Waals surface area (Å²) in [5, 5.41) is 12.0. The quantitative estimate of drug-likeness (QED) is 0.849. The van der Waals surface area contributed by atoms with Gasteiger partial charge in [0.25, 0.3) is 0 Å². The van der Waals surface area contributed by atoms with E-state index in [0.29, 0.717) is 12.1 Å². The van der Waals surface area contributed by atoms with Gasteiger partial charge in [-0.25, -0.2) is 4.39 Å². The van der Waals surface area contributed by atoms with E-state index in [-0.39, 0.29) is 11.2 Å². The third kappa shape index (κ3) is 4.54. The Labute approximate surface area is 102 Å². The van der Waals surface area contributed by atoms with Gasteiger partial charge in [-0.05, 0) is 35.6 Å². The molecule has 0 aromatic heterocycles. The fourth-order valence-electron chi connectivity index (χ4n) is 1.49. The molecule has 1 rings (SSSR count). The molecule has 0 amide bonds. The van der Waals surface area contributed by atoms with Crippen LogP contribution < -0.4 is 5.32 Å². The normalized spacial score (nSPS) is 11.2. The van der Waals surface area contributed by atoms with Crippen LogP contribution in [0.4, 0.5) is 4.39 Å². The number of benzene rings is 1. The maximum atomic E-state index is 13.2. The Kier molecular flexibility index (Phi) is 4.65. The molecule has 0 saturated heterocycles. The van der Waals surface area contributed by atoms with Gasteiger partial charge in [0, 0.05) is 13.1 Å². The van der Waals surface area contributed by atoms with E-state index in [0.717, 1.165) is 18.5 Å². The molecule has 2 nitrogen and oxygen atoms in total. The maximum absolute atomic E-state index is 13.2. The molecule has 0 spiro atoms. The second kappa shape index (κ2) is 5.79. The first-order valence-corrected chi connectivity index (χ1v) is 5.87. The lowest BCUT2D eigenvalue weighted by Gasteiger charge is -2.23. The van der Waals surface area contributed by atoms with Crippen LogP contribution in [-0.4, -0.2) is 6.54 Å². The second-order valence-electron chi connectivity index (χ2n) is 5.08. The fourth-order valence-corrected chi connectivity index (χ4v) is 1.49. The van der Waals surface area contributed by atoms with Gasteiger partial charge in [0.2, 0.25) is 0 Å². The molecule has 1 aromatic rings. The van der Waals surface area contributed by atoms with Crippen molar-refractivity contribution in [2.45, 2.75) is 33.7 Å². The van der Waals surface area contributed by atoms with Crippen molar-refractivity contribution in [3.05, 3.63) is 35.1 Å². The van der Waals surface area contributed by atoms with Gasteiger partial charge in [-0.3, -0.25) is 0 Å². The van der Waals surface area contributed by atoms with Crippen LogP contribution in [0.5, 0.6) is 0 Å². The van der Waals surface area contributed by atoms with Crippen molar-refractivity contribution in [3.8, 4) is 6.07 Å². The number of nitrogens with zero attached hydrogens (tertiary/aromatic N) is 1. The molecule has 0 radical (unpaired) electrons. The first kappa shape index (κ1) is 13.7. The average Bonchev–Trinajstić information content (AvgIpc) is 2.28. The Morgan fingerprint density at radius 3 is 2.65 bits per heavy atom. The summed E-state index contributed by atoms with van der Waals surface area (Å²) in [7, 11) is 0. The van der Waals surface area contributed by atoms with E-state index in [1.165, 1.54) is 12.1 Å². The van der Waals surface area contributed by atoms with Crippen molar-refractivity contribution < 1.29 is 4.39 Å². The predicted octanol–water partition coefficient (Wildman–Crippen LogP) is 3.22. The minimum Gasteiger partial charge on any atom is -0.312 e. The molecule has 92 valence electrons. The topological polar surface area (TPSA) is 35.8 Å². The summed E-state index contributed by atoms with van der Waals surface area (Å²) in [5.74, 6) is -0.351. The Hall–Kier alpha value is -1.40. The lowest BCUT2D eigenvalue weighted by atomic mass is 9.90. The minimum absolute atomic E-state index is 0.241. The third-order valence-electron chi connectivity index (χ3n) is 2.98. The zero-order valence-electron chi connectivity index (χ0n) is 10.7. The Bertz CT molecular complexity index is 419. The van der Waals surface area contributed by atoms with E-state index >= 15 is 0 Å². The molecule has 3 heteroatoms. The zero-order valence-corrected chi connectivity index (χ0v) is 10.7. The van der Waals surface area contributed by atoms with Crippen LogP contribution in [0.1, 0.15) is 38.3 Å². The first-order chi connectivity index (χ1) is 7.96. The van der Waals surface area contributed by atoms with E-state index in [1.54, 1.807) is 6.07 Å². The molecule has 0 fully saturated rings. The molecule has 0 aliphatic rings. The lowest BCUT2D eigenvalue weighted by Crippen LogP contribution is -2.28. The molecular formula is C14H19FN2. The lowest BCUT2D eigenvalue weighted by molar-refractivity contribution is 0.327. The molecule has 0 heterocycles. The van der Waals surface area contributed by atoms with Gasteiger partial charge >= 0.3 is 0 Å². The SMILES string of the molecule is CCC(C)(C)CNCc1cc(F)cc(C#N)c1. The van der Waals surface area contributed by atoms with E-state index in [4.69, 9.17) is 5.26 Å². The summed E-state index contributed by atoms with van der Waals surface area (Å²) in [6.07, 6.45) is 1.09. The highest BCUT2D eigenvalue weighted by atomic mass is 19.1. The fraction of sp³-hybridized carbons (Fsp3) is 0.500. The van der Waals surface area contributed by atoms with Crippen LogP contribution in [0.2, 0.25) is 0 Å². The highest BCUT2D eigenvalue weighted by Gasteiger charge is 2.13. The van der Waals surface area contributed by atoms with Crippen LogP contribution in [-0.2, 0) is 6.54 Å². The van der Waals surface area contributed by atoms with Crippen LogP contribution >= 0.6 is 0 Å². The summed E-state index contributed by atoms with van der Waals surface area (Å²) in [6.45, 7) is 7.99. The van der Waals surface area contributed by atoms with Crippen molar-refractivity contribution in [1.82, 2.24) is 5.32 Å². The van der Waals surface area contributed by atoms with E-state index < -0.39 is 0 Å².